The van der Waals surface area contributed by atoms with Crippen LogP contribution < -0.4 is 0 Å². The van der Waals surface area contributed by atoms with Gasteiger partial charge >= 0.3 is 5.97 Å². The van der Waals surface area contributed by atoms with Gasteiger partial charge in [-0.25, -0.2) is 4.79 Å². The lowest BCUT2D eigenvalue weighted by molar-refractivity contribution is -0.184. The highest BCUT2D eigenvalue weighted by atomic mass is 16.6. The number of hydrogen-bond acceptors (Lipinski definition) is 4. The molecule has 4 heteroatoms. The summed E-state index contributed by atoms with van der Waals surface area (Å²) in [6.07, 6.45) is 0.834. The van der Waals surface area contributed by atoms with Crippen molar-refractivity contribution < 1.29 is 19.7 Å². The standard InChI is InChI=1S/C12H22O4/c1-7(2)9-5-4-8(3)6-10(9)16-12(15)11(13)14/h7-11,13-14H,4-6H2,1-3H3/t8?,9?,10-/m1/s1. The average molecular weight is 230 g/mol. The van der Waals surface area contributed by atoms with Gasteiger partial charge in [0.05, 0.1) is 0 Å². The van der Waals surface area contributed by atoms with Crippen LogP contribution in [0.25, 0.3) is 0 Å². The van der Waals surface area contributed by atoms with Crippen LogP contribution in [0.5, 0.6) is 0 Å². The van der Waals surface area contributed by atoms with E-state index >= 15 is 0 Å². The highest BCUT2D eigenvalue weighted by Crippen LogP contribution is 2.35. The Morgan fingerprint density at radius 3 is 2.44 bits per heavy atom. The quantitative estimate of drug-likeness (QED) is 0.566. The van der Waals surface area contributed by atoms with Gasteiger partial charge in [-0.05, 0) is 30.6 Å². The monoisotopic (exact) mass is 230 g/mol. The number of esters is 1. The second-order valence-electron chi connectivity index (χ2n) is 5.18. The van der Waals surface area contributed by atoms with Crippen molar-refractivity contribution in [3.63, 3.8) is 0 Å². The van der Waals surface area contributed by atoms with Crippen molar-refractivity contribution in [3.05, 3.63) is 0 Å². The summed E-state index contributed by atoms with van der Waals surface area (Å²) in [5.41, 5.74) is 0. The average Bonchev–Trinajstić information content (AvgIpc) is 2.16. The second-order valence-corrected chi connectivity index (χ2v) is 5.18. The molecule has 0 aliphatic heterocycles. The second kappa shape index (κ2) is 5.64. The molecule has 4 nitrogen and oxygen atoms in total. The normalized spacial score (nSPS) is 30.8. The van der Waals surface area contributed by atoms with Crippen LogP contribution in [0.15, 0.2) is 0 Å². The van der Waals surface area contributed by atoms with Crippen LogP contribution in [-0.2, 0) is 9.53 Å². The Hall–Kier alpha value is -0.610. The Kier molecular flexibility index (Phi) is 4.74. The molecule has 1 saturated carbocycles. The van der Waals surface area contributed by atoms with E-state index in [4.69, 9.17) is 14.9 Å². The first-order chi connectivity index (χ1) is 7.41. The summed E-state index contributed by atoms with van der Waals surface area (Å²) in [6, 6.07) is 0. The number of ether oxygens (including phenoxy) is 1. The number of carbonyl (C=O) groups is 1. The minimum absolute atomic E-state index is 0.168. The van der Waals surface area contributed by atoms with Gasteiger partial charge in [-0.2, -0.15) is 0 Å². The zero-order chi connectivity index (χ0) is 12.3. The fourth-order valence-electron chi connectivity index (χ4n) is 2.46. The molecule has 0 saturated heterocycles. The van der Waals surface area contributed by atoms with Crippen LogP contribution in [0.1, 0.15) is 40.0 Å². The summed E-state index contributed by atoms with van der Waals surface area (Å²) in [4.78, 5) is 11.2. The molecule has 94 valence electrons. The van der Waals surface area contributed by atoms with E-state index in [0.717, 1.165) is 19.3 Å². The van der Waals surface area contributed by atoms with Gasteiger partial charge in [-0.15, -0.1) is 0 Å². The molecule has 0 bridgehead atoms. The Morgan fingerprint density at radius 2 is 1.94 bits per heavy atom. The first kappa shape index (κ1) is 13.5. The topological polar surface area (TPSA) is 66.8 Å². The van der Waals surface area contributed by atoms with Crippen LogP contribution in [0.2, 0.25) is 0 Å². The molecule has 16 heavy (non-hydrogen) atoms. The lowest BCUT2D eigenvalue weighted by Gasteiger charge is -2.36. The van der Waals surface area contributed by atoms with Crippen molar-refractivity contribution in [2.75, 3.05) is 0 Å². The van der Waals surface area contributed by atoms with Crippen LogP contribution in [0.3, 0.4) is 0 Å². The highest BCUT2D eigenvalue weighted by molar-refractivity contribution is 5.72. The maximum Gasteiger partial charge on any atom is 0.363 e. The molecular weight excluding hydrogens is 208 g/mol. The van der Waals surface area contributed by atoms with Gasteiger partial charge in [0.2, 0.25) is 0 Å². The summed E-state index contributed by atoms with van der Waals surface area (Å²) in [7, 11) is 0. The third-order valence-corrected chi connectivity index (χ3v) is 3.44. The van der Waals surface area contributed by atoms with Crippen molar-refractivity contribution in [2.24, 2.45) is 17.8 Å². The zero-order valence-electron chi connectivity index (χ0n) is 10.2. The predicted molar refractivity (Wildman–Crippen MR) is 59.4 cm³/mol. The van der Waals surface area contributed by atoms with Crippen LogP contribution in [-0.4, -0.2) is 28.6 Å². The third-order valence-electron chi connectivity index (χ3n) is 3.44. The van der Waals surface area contributed by atoms with Gasteiger partial charge in [0.1, 0.15) is 6.10 Å². The molecule has 3 atom stereocenters. The lowest BCUT2D eigenvalue weighted by Crippen LogP contribution is -2.38. The molecule has 2 N–H and O–H groups in total. The Morgan fingerprint density at radius 1 is 1.31 bits per heavy atom. The van der Waals surface area contributed by atoms with Crippen LogP contribution >= 0.6 is 0 Å². The van der Waals surface area contributed by atoms with Crippen molar-refractivity contribution >= 4 is 5.97 Å². The lowest BCUT2D eigenvalue weighted by atomic mass is 9.75. The van der Waals surface area contributed by atoms with Crippen LogP contribution in [0.4, 0.5) is 0 Å². The maximum absolute atomic E-state index is 11.2. The van der Waals surface area contributed by atoms with Gasteiger partial charge in [0, 0.05) is 0 Å². The number of rotatable bonds is 3. The van der Waals surface area contributed by atoms with Gasteiger partial charge in [-0.1, -0.05) is 27.2 Å². The van der Waals surface area contributed by atoms with Crippen molar-refractivity contribution in [1.29, 1.82) is 0 Å². The van der Waals surface area contributed by atoms with E-state index in [0.29, 0.717) is 17.8 Å². The summed E-state index contributed by atoms with van der Waals surface area (Å²) in [5, 5.41) is 17.4. The van der Waals surface area contributed by atoms with E-state index in [-0.39, 0.29) is 6.10 Å². The first-order valence-electron chi connectivity index (χ1n) is 5.98. The third kappa shape index (κ3) is 3.46. The summed E-state index contributed by atoms with van der Waals surface area (Å²) >= 11 is 0. The Bertz CT molecular complexity index is 237. The molecule has 0 aromatic rings. The number of aliphatic hydroxyl groups is 2. The number of aliphatic hydroxyl groups excluding tert-OH is 1. The molecule has 1 aliphatic rings. The number of hydrogen-bond donors (Lipinski definition) is 2. The van der Waals surface area contributed by atoms with Crippen molar-refractivity contribution in [1.82, 2.24) is 0 Å². The largest absolute Gasteiger partial charge is 0.458 e. The number of carbonyl (C=O) groups excluding carboxylic acids is 1. The minimum atomic E-state index is -2.01. The molecule has 0 amide bonds. The van der Waals surface area contributed by atoms with Crippen molar-refractivity contribution in [3.8, 4) is 0 Å². The van der Waals surface area contributed by atoms with Gasteiger partial charge in [0.15, 0.2) is 0 Å². The molecule has 0 heterocycles. The summed E-state index contributed by atoms with van der Waals surface area (Å²) in [6.45, 7) is 6.35. The van der Waals surface area contributed by atoms with Gasteiger partial charge < -0.3 is 14.9 Å². The van der Waals surface area contributed by atoms with E-state index in [2.05, 4.69) is 20.8 Å². The predicted octanol–water partition coefficient (Wildman–Crippen LogP) is 1.30. The Balaban J connectivity index is 2.61. The zero-order valence-corrected chi connectivity index (χ0v) is 10.2. The maximum atomic E-state index is 11.2. The molecule has 0 aromatic heterocycles. The fourth-order valence-corrected chi connectivity index (χ4v) is 2.46. The van der Waals surface area contributed by atoms with Crippen molar-refractivity contribution in [2.45, 2.75) is 52.4 Å². The minimum Gasteiger partial charge on any atom is -0.458 e. The molecule has 0 spiro atoms. The van der Waals surface area contributed by atoms with Crippen LogP contribution in [0, 0.1) is 17.8 Å². The molecular formula is C12H22O4. The van der Waals surface area contributed by atoms with E-state index in [1.165, 1.54) is 0 Å². The molecule has 1 fully saturated rings. The molecule has 1 aliphatic carbocycles. The fraction of sp³-hybridized carbons (Fsp3) is 0.917. The van der Waals surface area contributed by atoms with Gasteiger partial charge in [0.25, 0.3) is 6.29 Å². The Labute approximate surface area is 96.6 Å². The molecule has 0 aromatic carbocycles. The highest BCUT2D eigenvalue weighted by Gasteiger charge is 2.34. The molecule has 0 radical (unpaired) electrons. The smallest absolute Gasteiger partial charge is 0.363 e. The summed E-state index contributed by atoms with van der Waals surface area (Å²) < 4.78 is 5.16. The first-order valence-corrected chi connectivity index (χ1v) is 5.98. The van der Waals surface area contributed by atoms with E-state index < -0.39 is 12.3 Å². The van der Waals surface area contributed by atoms with Gasteiger partial charge in [-0.3, -0.25) is 0 Å². The molecule has 2 unspecified atom stereocenters. The summed E-state index contributed by atoms with van der Waals surface area (Å²) in [5.74, 6) is 0.383. The van der Waals surface area contributed by atoms with E-state index in [9.17, 15) is 4.79 Å². The van der Waals surface area contributed by atoms with E-state index in [1.807, 2.05) is 0 Å². The van der Waals surface area contributed by atoms with E-state index in [1.54, 1.807) is 0 Å². The SMILES string of the molecule is CC1CCC(C(C)C)[C@H](OC(=O)C(O)O)C1. The molecule has 1 rings (SSSR count).